The summed E-state index contributed by atoms with van der Waals surface area (Å²) in [5.41, 5.74) is 2.38. The van der Waals surface area contributed by atoms with Crippen LogP contribution in [0, 0.1) is 0 Å². The van der Waals surface area contributed by atoms with Gasteiger partial charge in [0.15, 0.2) is 5.78 Å². The van der Waals surface area contributed by atoms with Crippen LogP contribution in [0.2, 0.25) is 0 Å². The number of carbonyl (C=O) groups excluding carboxylic acids is 1. The van der Waals surface area contributed by atoms with Crippen molar-refractivity contribution in [3.05, 3.63) is 35.9 Å². The van der Waals surface area contributed by atoms with Gasteiger partial charge in [-0.2, -0.15) is 0 Å². The van der Waals surface area contributed by atoms with Crippen LogP contribution in [0.1, 0.15) is 34.1 Å². The molecule has 2 heterocycles. The van der Waals surface area contributed by atoms with Crippen molar-refractivity contribution in [2.24, 2.45) is 4.99 Å². The highest BCUT2D eigenvalue weighted by Crippen LogP contribution is 2.16. The zero-order valence-corrected chi connectivity index (χ0v) is 14.8. The monoisotopic (exact) mass is 319 g/mol. The first kappa shape index (κ1) is 19.3. The first-order valence-corrected chi connectivity index (χ1v) is 8.14. The van der Waals surface area contributed by atoms with E-state index in [0.717, 1.165) is 37.7 Å². The molecule has 0 aromatic carbocycles. The molecular weight excluding hydrogens is 290 g/mol. The number of hydrogen-bond acceptors (Lipinski definition) is 5. The third kappa shape index (κ3) is 6.50. The summed E-state index contributed by atoms with van der Waals surface area (Å²) in [6.07, 6.45) is 6.46. The summed E-state index contributed by atoms with van der Waals surface area (Å²) in [5, 5.41) is 0. The molecule has 0 radical (unpaired) electrons. The van der Waals surface area contributed by atoms with Crippen molar-refractivity contribution >= 4 is 12.0 Å². The normalized spacial score (nSPS) is 20.3. The quantitative estimate of drug-likeness (QED) is 0.747. The topological polar surface area (TPSA) is 45.1 Å². The molecule has 5 heteroatoms. The highest BCUT2D eigenvalue weighted by atomic mass is 16.5. The Balaban J connectivity index is 0.000000253. The molecule has 0 spiro atoms. The van der Waals surface area contributed by atoms with Crippen LogP contribution in [-0.2, 0) is 9.53 Å². The summed E-state index contributed by atoms with van der Waals surface area (Å²) in [4.78, 5) is 19.6. The SMILES string of the molecule is C=CN1C=C(C)N=C/C1=C(/C)C(C)=O.CCCN1CCOCC1. The van der Waals surface area contributed by atoms with Crippen LogP contribution in [0.4, 0.5) is 0 Å². The van der Waals surface area contributed by atoms with E-state index in [0.29, 0.717) is 5.57 Å². The second kappa shape index (κ2) is 10.1. The van der Waals surface area contributed by atoms with Gasteiger partial charge in [0.2, 0.25) is 0 Å². The maximum Gasteiger partial charge on any atom is 0.157 e. The van der Waals surface area contributed by atoms with E-state index in [1.807, 2.05) is 13.1 Å². The van der Waals surface area contributed by atoms with Gasteiger partial charge in [0, 0.05) is 31.1 Å². The minimum atomic E-state index is 0.0475. The Morgan fingerprint density at radius 2 is 2.04 bits per heavy atom. The highest BCUT2D eigenvalue weighted by Gasteiger charge is 2.12. The van der Waals surface area contributed by atoms with E-state index in [9.17, 15) is 4.79 Å². The van der Waals surface area contributed by atoms with E-state index in [2.05, 4.69) is 23.4 Å². The minimum absolute atomic E-state index is 0.0475. The van der Waals surface area contributed by atoms with Crippen LogP contribution >= 0.6 is 0 Å². The molecule has 0 unspecified atom stereocenters. The fourth-order valence-electron chi connectivity index (χ4n) is 2.30. The van der Waals surface area contributed by atoms with Crippen molar-refractivity contribution in [1.82, 2.24) is 9.80 Å². The number of rotatable bonds is 4. The lowest BCUT2D eigenvalue weighted by Gasteiger charge is -2.25. The van der Waals surface area contributed by atoms with Crippen LogP contribution in [0.3, 0.4) is 0 Å². The zero-order chi connectivity index (χ0) is 17.2. The molecule has 1 saturated heterocycles. The van der Waals surface area contributed by atoms with Crippen molar-refractivity contribution in [3.63, 3.8) is 0 Å². The standard InChI is InChI=1S/C11H14N2O.C7H15NO/c1-5-13-7-8(2)12-6-11(13)9(3)10(4)14;1-2-3-8-4-6-9-7-5-8/h5-7H,1H2,2-4H3;2-7H2,1H3/b11-9+;. The lowest BCUT2D eigenvalue weighted by Crippen LogP contribution is -2.36. The van der Waals surface area contributed by atoms with Crippen molar-refractivity contribution in [2.75, 3.05) is 32.8 Å². The van der Waals surface area contributed by atoms with E-state index in [1.54, 1.807) is 31.2 Å². The van der Waals surface area contributed by atoms with E-state index >= 15 is 0 Å². The number of nitrogens with zero attached hydrogens (tertiary/aromatic N) is 3. The maximum atomic E-state index is 11.2. The predicted molar refractivity (Wildman–Crippen MR) is 95.2 cm³/mol. The number of carbonyl (C=O) groups is 1. The molecule has 0 aromatic heterocycles. The molecule has 0 saturated carbocycles. The van der Waals surface area contributed by atoms with Crippen molar-refractivity contribution in [3.8, 4) is 0 Å². The largest absolute Gasteiger partial charge is 0.379 e. The maximum absolute atomic E-state index is 11.2. The summed E-state index contributed by atoms with van der Waals surface area (Å²) in [7, 11) is 0. The molecule has 0 aromatic rings. The predicted octanol–water partition coefficient (Wildman–Crippen LogP) is 2.97. The Kier molecular flexibility index (Phi) is 8.51. The van der Waals surface area contributed by atoms with Gasteiger partial charge in [-0.3, -0.25) is 14.7 Å². The Labute approximate surface area is 140 Å². The van der Waals surface area contributed by atoms with E-state index < -0.39 is 0 Å². The molecule has 0 bridgehead atoms. The smallest absolute Gasteiger partial charge is 0.157 e. The Hall–Kier alpha value is -1.72. The van der Waals surface area contributed by atoms with E-state index in [-0.39, 0.29) is 5.78 Å². The third-order valence-electron chi connectivity index (χ3n) is 3.75. The van der Waals surface area contributed by atoms with Gasteiger partial charge in [0.25, 0.3) is 0 Å². The van der Waals surface area contributed by atoms with Crippen molar-refractivity contribution < 1.29 is 9.53 Å². The first-order chi connectivity index (χ1) is 11.0. The fraction of sp³-hybridized carbons (Fsp3) is 0.556. The van der Waals surface area contributed by atoms with E-state index in [4.69, 9.17) is 4.74 Å². The second-order valence-electron chi connectivity index (χ2n) is 5.64. The molecule has 2 rings (SSSR count). The fourth-order valence-corrected chi connectivity index (χ4v) is 2.30. The summed E-state index contributed by atoms with van der Waals surface area (Å²) in [6, 6.07) is 0. The number of aliphatic imine (C=N–C) groups is 1. The number of Topliss-reactive ketones (excluding diaryl/α,β-unsaturated/α-hetero) is 1. The molecule has 128 valence electrons. The van der Waals surface area contributed by atoms with Gasteiger partial charge in [-0.25, -0.2) is 0 Å². The van der Waals surface area contributed by atoms with Gasteiger partial charge in [0.05, 0.1) is 30.8 Å². The second-order valence-corrected chi connectivity index (χ2v) is 5.64. The van der Waals surface area contributed by atoms with Crippen LogP contribution in [0.15, 0.2) is 40.9 Å². The van der Waals surface area contributed by atoms with E-state index in [1.165, 1.54) is 13.0 Å². The van der Waals surface area contributed by atoms with Gasteiger partial charge in [-0.1, -0.05) is 13.5 Å². The molecule has 0 N–H and O–H groups in total. The van der Waals surface area contributed by atoms with Gasteiger partial charge in [-0.15, -0.1) is 0 Å². The summed E-state index contributed by atoms with van der Waals surface area (Å²) in [5.74, 6) is 0.0475. The van der Waals surface area contributed by atoms with Crippen molar-refractivity contribution in [1.29, 1.82) is 0 Å². The first-order valence-electron chi connectivity index (χ1n) is 8.14. The number of ketones is 1. The van der Waals surface area contributed by atoms with Gasteiger partial charge in [-0.05, 0) is 33.7 Å². The summed E-state index contributed by atoms with van der Waals surface area (Å²) in [6.45, 7) is 16.5. The Morgan fingerprint density at radius 1 is 1.39 bits per heavy atom. The molecule has 0 atom stereocenters. The number of morpholine rings is 1. The van der Waals surface area contributed by atoms with Gasteiger partial charge >= 0.3 is 0 Å². The third-order valence-corrected chi connectivity index (χ3v) is 3.75. The molecule has 23 heavy (non-hydrogen) atoms. The molecule has 1 fully saturated rings. The average Bonchev–Trinajstić information content (AvgIpc) is 2.56. The molecule has 2 aliphatic rings. The average molecular weight is 319 g/mol. The zero-order valence-electron chi connectivity index (χ0n) is 14.8. The Morgan fingerprint density at radius 3 is 2.57 bits per heavy atom. The molecule has 5 nitrogen and oxygen atoms in total. The number of allylic oxidation sites excluding steroid dienone is 3. The Bertz CT molecular complexity index is 498. The van der Waals surface area contributed by atoms with Gasteiger partial charge < -0.3 is 9.64 Å². The summed E-state index contributed by atoms with van der Waals surface area (Å²) >= 11 is 0. The minimum Gasteiger partial charge on any atom is -0.379 e. The summed E-state index contributed by atoms with van der Waals surface area (Å²) < 4.78 is 5.20. The number of hydrogen-bond donors (Lipinski definition) is 0. The molecule has 2 aliphatic heterocycles. The van der Waals surface area contributed by atoms with Crippen LogP contribution in [-0.4, -0.2) is 54.6 Å². The highest BCUT2D eigenvalue weighted by molar-refractivity contribution is 5.99. The van der Waals surface area contributed by atoms with Crippen molar-refractivity contribution in [2.45, 2.75) is 34.1 Å². The molecular formula is C18H29N3O2. The lowest BCUT2D eigenvalue weighted by molar-refractivity contribution is -0.113. The molecule has 0 aliphatic carbocycles. The number of ether oxygens (including phenoxy) is 1. The van der Waals surface area contributed by atoms with Crippen LogP contribution in [0.5, 0.6) is 0 Å². The van der Waals surface area contributed by atoms with Gasteiger partial charge in [0.1, 0.15) is 0 Å². The molecule has 0 amide bonds. The lowest BCUT2D eigenvalue weighted by atomic mass is 10.1. The van der Waals surface area contributed by atoms with Crippen LogP contribution < -0.4 is 0 Å². The van der Waals surface area contributed by atoms with Crippen LogP contribution in [0.25, 0.3) is 0 Å².